The van der Waals surface area contributed by atoms with E-state index >= 15 is 0 Å². The van der Waals surface area contributed by atoms with Gasteiger partial charge in [-0.15, -0.1) is 0 Å². The molecule has 88 valence electrons. The Bertz CT molecular complexity index is 214. The first-order valence-electron chi connectivity index (χ1n) is 4.29. The molecule has 2 saturated heterocycles. The van der Waals surface area contributed by atoms with E-state index in [1.54, 1.807) is 0 Å². The number of amides is 2. The highest BCUT2D eigenvalue weighted by Gasteiger charge is 2.48. The van der Waals surface area contributed by atoms with Gasteiger partial charge in [-0.2, -0.15) is 0 Å². The van der Waals surface area contributed by atoms with Crippen molar-refractivity contribution in [3.63, 3.8) is 0 Å². The van der Waals surface area contributed by atoms with Crippen molar-refractivity contribution in [2.75, 3.05) is 6.61 Å². The quantitative estimate of drug-likeness (QED) is 0.292. The van der Waals surface area contributed by atoms with E-state index in [2.05, 4.69) is 11.5 Å². The number of fused-ring (bicyclic) bond motifs is 2. The van der Waals surface area contributed by atoms with E-state index in [0.29, 0.717) is 0 Å². The second kappa shape index (κ2) is 4.73. The van der Waals surface area contributed by atoms with Crippen molar-refractivity contribution in [2.45, 2.75) is 30.7 Å². The number of hydrogen-bond acceptors (Lipinski definition) is 6. The number of nitrogens with two attached hydrogens (primary N) is 2. The van der Waals surface area contributed by atoms with E-state index < -0.39 is 36.7 Å². The number of ether oxygens (including phenoxy) is 2. The first kappa shape index (κ1) is 12.1. The minimum absolute atomic E-state index is 0.236. The van der Waals surface area contributed by atoms with Gasteiger partial charge in [-0.25, -0.2) is 4.79 Å². The molecule has 0 aromatic rings. The summed E-state index contributed by atoms with van der Waals surface area (Å²) in [5, 5.41) is 27.6. The molecule has 8 nitrogen and oxygen atoms in total. The Morgan fingerprint density at radius 3 is 2.20 bits per heavy atom. The average Bonchev–Trinajstić information content (AvgIpc) is 2.57. The molecular formula is C7H14N2O6. The summed E-state index contributed by atoms with van der Waals surface area (Å²) in [5.41, 5.74) is 8.50. The number of carbonyl (C=O) groups is 1. The summed E-state index contributed by atoms with van der Waals surface area (Å²) in [6.45, 7) is 0.236. The van der Waals surface area contributed by atoms with E-state index in [4.69, 9.17) is 19.4 Å². The molecule has 0 saturated carbocycles. The van der Waals surface area contributed by atoms with Crippen LogP contribution in [0.1, 0.15) is 0 Å². The summed E-state index contributed by atoms with van der Waals surface area (Å²) in [7, 11) is 0. The summed E-state index contributed by atoms with van der Waals surface area (Å²) in [6, 6.07) is -0.833. The van der Waals surface area contributed by atoms with E-state index in [0.717, 1.165) is 0 Å². The summed E-state index contributed by atoms with van der Waals surface area (Å²) in [5.74, 6) is 0. The van der Waals surface area contributed by atoms with Crippen molar-refractivity contribution in [3.05, 3.63) is 0 Å². The Kier molecular flexibility index (Phi) is 3.83. The Morgan fingerprint density at radius 1 is 1.13 bits per heavy atom. The molecule has 15 heavy (non-hydrogen) atoms. The Labute approximate surface area is 85.4 Å². The molecule has 2 rings (SSSR count). The highest BCUT2D eigenvalue weighted by atomic mass is 16.7. The molecular weight excluding hydrogens is 208 g/mol. The smallest absolute Gasteiger partial charge is 0.309 e. The van der Waals surface area contributed by atoms with Gasteiger partial charge in [-0.1, -0.05) is 0 Å². The number of hydrogen-bond donors (Lipinski definition) is 5. The van der Waals surface area contributed by atoms with Gasteiger partial charge in [0.2, 0.25) is 0 Å². The fourth-order valence-electron chi connectivity index (χ4n) is 1.38. The largest absolute Gasteiger partial charge is 0.387 e. The molecule has 7 N–H and O–H groups in total. The van der Waals surface area contributed by atoms with Crippen LogP contribution in [-0.4, -0.2) is 58.7 Å². The fourth-order valence-corrected chi connectivity index (χ4v) is 1.38. The van der Waals surface area contributed by atoms with Crippen LogP contribution < -0.4 is 11.5 Å². The topological polar surface area (TPSA) is 148 Å². The van der Waals surface area contributed by atoms with Gasteiger partial charge in [0.15, 0.2) is 6.29 Å². The Balaban J connectivity index is 0.000000245. The predicted octanol–water partition coefficient (Wildman–Crippen LogP) is -3.15. The van der Waals surface area contributed by atoms with Crippen molar-refractivity contribution >= 4 is 6.03 Å². The molecule has 2 aliphatic heterocycles. The van der Waals surface area contributed by atoms with Crippen LogP contribution in [0.3, 0.4) is 0 Å². The fraction of sp³-hybridized carbons (Fsp3) is 0.857. The summed E-state index contributed by atoms with van der Waals surface area (Å²) in [4.78, 5) is 9.00. The lowest BCUT2D eigenvalue weighted by Crippen LogP contribution is -2.53. The van der Waals surface area contributed by atoms with Crippen molar-refractivity contribution in [1.82, 2.24) is 0 Å². The average molecular weight is 222 g/mol. The second-order valence-corrected chi connectivity index (χ2v) is 3.25. The normalized spacial score (nSPS) is 43.0. The van der Waals surface area contributed by atoms with Gasteiger partial charge in [-0.05, 0) is 0 Å². The van der Waals surface area contributed by atoms with Gasteiger partial charge in [0.1, 0.15) is 24.4 Å². The maximum absolute atomic E-state index is 9.22. The van der Waals surface area contributed by atoms with Crippen molar-refractivity contribution in [3.8, 4) is 0 Å². The van der Waals surface area contributed by atoms with Crippen LogP contribution in [0.2, 0.25) is 0 Å². The molecule has 2 heterocycles. The van der Waals surface area contributed by atoms with Gasteiger partial charge < -0.3 is 36.3 Å². The summed E-state index contributed by atoms with van der Waals surface area (Å²) < 4.78 is 9.95. The lowest BCUT2D eigenvalue weighted by molar-refractivity contribution is -0.228. The lowest BCUT2D eigenvalue weighted by Gasteiger charge is -2.32. The molecule has 2 aliphatic rings. The van der Waals surface area contributed by atoms with Gasteiger partial charge in [-0.3, -0.25) is 0 Å². The van der Waals surface area contributed by atoms with Gasteiger partial charge in [0.05, 0.1) is 6.61 Å². The van der Waals surface area contributed by atoms with Crippen LogP contribution in [0.5, 0.6) is 0 Å². The zero-order chi connectivity index (χ0) is 11.6. The van der Waals surface area contributed by atoms with E-state index in [-0.39, 0.29) is 6.61 Å². The zero-order valence-electron chi connectivity index (χ0n) is 7.81. The molecule has 0 aromatic carbocycles. The van der Waals surface area contributed by atoms with Gasteiger partial charge in [0, 0.05) is 0 Å². The maximum Gasteiger partial charge on any atom is 0.309 e. The van der Waals surface area contributed by atoms with E-state index in [1.165, 1.54) is 0 Å². The second-order valence-electron chi connectivity index (χ2n) is 3.25. The summed E-state index contributed by atoms with van der Waals surface area (Å²) in [6.07, 6.45) is -4.58. The number of urea groups is 1. The Hall–Kier alpha value is -0.930. The van der Waals surface area contributed by atoms with E-state index in [1.807, 2.05) is 0 Å². The third kappa shape index (κ3) is 2.76. The highest BCUT2D eigenvalue weighted by Crippen LogP contribution is 2.27. The Morgan fingerprint density at radius 2 is 1.67 bits per heavy atom. The lowest BCUT2D eigenvalue weighted by atomic mass is 10.0. The molecule has 0 unspecified atom stereocenters. The molecule has 0 aliphatic carbocycles. The molecule has 0 spiro atoms. The SMILES string of the molecule is NC(N)=O.O[C@@H]1[C@@H](O)[C@@H]2OC[C@@H](O2)[C@H]1O. The van der Waals surface area contributed by atoms with E-state index in [9.17, 15) is 10.2 Å². The zero-order valence-corrected chi connectivity index (χ0v) is 7.81. The minimum Gasteiger partial charge on any atom is -0.387 e. The molecule has 2 fully saturated rings. The predicted molar refractivity (Wildman–Crippen MR) is 46.4 cm³/mol. The molecule has 2 amide bonds. The summed E-state index contributed by atoms with van der Waals surface area (Å²) >= 11 is 0. The molecule has 8 heteroatoms. The minimum atomic E-state index is -1.15. The number of rotatable bonds is 0. The molecule has 2 bridgehead atoms. The van der Waals surface area contributed by atoms with Crippen LogP contribution in [-0.2, 0) is 9.47 Å². The molecule has 0 radical (unpaired) electrons. The maximum atomic E-state index is 9.22. The third-order valence-electron chi connectivity index (χ3n) is 2.09. The molecule has 5 atom stereocenters. The number of aliphatic hydroxyl groups excluding tert-OH is 3. The molecule has 0 aromatic heterocycles. The monoisotopic (exact) mass is 222 g/mol. The van der Waals surface area contributed by atoms with Crippen molar-refractivity contribution < 1.29 is 29.6 Å². The van der Waals surface area contributed by atoms with Crippen LogP contribution in [0.15, 0.2) is 0 Å². The van der Waals surface area contributed by atoms with Gasteiger partial charge in [0.25, 0.3) is 0 Å². The van der Waals surface area contributed by atoms with Crippen LogP contribution in [0.25, 0.3) is 0 Å². The van der Waals surface area contributed by atoms with Crippen molar-refractivity contribution in [1.29, 1.82) is 0 Å². The standard InChI is InChI=1S/C6H10O5.CH4N2O/c7-3-2-1-10-6(11-2)5(9)4(3)8;2-1(3)4/h2-9H,1H2;(H4,2,3,4)/t2-,3-,4+,5-,6-;/m1./s1. The number of carbonyl (C=O) groups excluding carboxylic acids is 1. The number of aliphatic hydroxyl groups is 3. The first-order valence-corrected chi connectivity index (χ1v) is 4.29. The van der Waals surface area contributed by atoms with Crippen LogP contribution >= 0.6 is 0 Å². The van der Waals surface area contributed by atoms with Crippen LogP contribution in [0.4, 0.5) is 4.79 Å². The highest BCUT2D eigenvalue weighted by molar-refractivity contribution is 5.69. The third-order valence-corrected chi connectivity index (χ3v) is 2.09. The number of primary amides is 2. The van der Waals surface area contributed by atoms with Crippen molar-refractivity contribution in [2.24, 2.45) is 11.5 Å². The van der Waals surface area contributed by atoms with Crippen LogP contribution in [0, 0.1) is 0 Å². The van der Waals surface area contributed by atoms with Gasteiger partial charge >= 0.3 is 6.03 Å². The first-order chi connectivity index (χ1) is 6.93.